The lowest BCUT2D eigenvalue weighted by Gasteiger charge is -2.37. The number of thiocarbonyl (C=S) groups is 1. The van der Waals surface area contributed by atoms with Crippen molar-refractivity contribution in [3.8, 4) is 0 Å². The van der Waals surface area contributed by atoms with Crippen LogP contribution in [0.1, 0.15) is 27.0 Å². The van der Waals surface area contributed by atoms with Crippen molar-refractivity contribution in [2.45, 2.75) is 63.4 Å². The van der Waals surface area contributed by atoms with Crippen molar-refractivity contribution in [2.24, 2.45) is 0 Å². The summed E-state index contributed by atoms with van der Waals surface area (Å²) >= 11 is 5.14. The minimum atomic E-state index is -1.94. The number of fused-ring (bicyclic) bond motifs is 2. The van der Waals surface area contributed by atoms with Gasteiger partial charge in [-0.25, -0.2) is 15.0 Å². The fourth-order valence-corrected chi connectivity index (χ4v) is 4.38. The number of rotatable bonds is 4. The zero-order chi connectivity index (χ0) is 20.3. The first-order chi connectivity index (χ1) is 13.1. The van der Waals surface area contributed by atoms with Crippen molar-refractivity contribution in [2.75, 3.05) is 12.3 Å². The minimum Gasteiger partial charge on any atom is -0.447 e. The van der Waals surface area contributed by atoms with E-state index in [1.807, 2.05) is 0 Å². The number of aromatic nitrogens is 4. The van der Waals surface area contributed by atoms with Gasteiger partial charge < -0.3 is 24.4 Å². The highest BCUT2D eigenvalue weighted by molar-refractivity contribution is 7.79. The lowest BCUT2D eigenvalue weighted by atomic mass is 10.2. The second-order valence-corrected chi connectivity index (χ2v) is 13.8. The Bertz CT molecular complexity index is 915. The molecule has 2 aromatic rings. The first kappa shape index (κ1) is 19.5. The van der Waals surface area contributed by atoms with Crippen LogP contribution in [-0.2, 0) is 18.6 Å². The van der Waals surface area contributed by atoms with Gasteiger partial charge in [-0.3, -0.25) is 4.57 Å². The molecule has 0 amide bonds. The first-order valence-electron chi connectivity index (χ1n) is 9.18. The summed E-state index contributed by atoms with van der Waals surface area (Å²) in [5.41, 5.74) is 6.99. The van der Waals surface area contributed by atoms with Gasteiger partial charge >= 0.3 is 5.24 Å². The molecule has 2 saturated heterocycles. The molecule has 2 aliphatic heterocycles. The predicted octanol–water partition coefficient (Wildman–Crippen LogP) is 2.40. The standard InChI is InChI=1S/C17H25N5O4SSi/c1-17(2,3)28(4,5)23-6-9-11-12(26-16(27)25-11)15(24-9)22-8-21-10-13(18)19-7-20-14(10)22/h7-9,11-12,15H,6H2,1-5H3,(H2,18,19,20)/t9-,11-,12-,15-/m1/s1/i6+1,9+1,11+1,12+1,15+1. The van der Waals surface area contributed by atoms with Gasteiger partial charge in [0.05, 0.1) is 12.9 Å². The van der Waals surface area contributed by atoms with Crippen LogP contribution < -0.4 is 5.73 Å². The number of ether oxygens (including phenoxy) is 3. The Morgan fingerprint density at radius 3 is 2.64 bits per heavy atom. The van der Waals surface area contributed by atoms with Crippen LogP contribution in [0.25, 0.3) is 11.2 Å². The van der Waals surface area contributed by atoms with Crippen molar-refractivity contribution in [3.63, 3.8) is 0 Å². The number of hydrogen-bond donors (Lipinski definition) is 1. The van der Waals surface area contributed by atoms with Crippen molar-refractivity contribution < 1.29 is 18.6 Å². The Labute approximate surface area is 169 Å². The number of anilines is 1. The van der Waals surface area contributed by atoms with E-state index in [4.69, 9.17) is 36.6 Å². The highest BCUT2D eigenvalue weighted by Crippen LogP contribution is 2.41. The van der Waals surface area contributed by atoms with E-state index in [-0.39, 0.29) is 22.5 Å². The van der Waals surface area contributed by atoms with Gasteiger partial charge in [0.1, 0.15) is 17.9 Å². The minimum absolute atomic E-state index is 0.0989. The molecule has 0 aromatic carbocycles. The number of nitrogen functional groups attached to an aromatic ring is 1. The summed E-state index contributed by atoms with van der Waals surface area (Å²) in [7, 11) is -1.94. The molecule has 11 heteroatoms. The van der Waals surface area contributed by atoms with Gasteiger partial charge in [0.2, 0.25) is 0 Å². The van der Waals surface area contributed by atoms with Crippen LogP contribution in [0.2, 0.25) is 18.1 Å². The summed E-state index contributed by atoms with van der Waals surface area (Å²) in [4.78, 5) is 12.6. The lowest BCUT2D eigenvalue weighted by Crippen LogP contribution is -2.44. The molecule has 0 spiro atoms. The molecule has 0 bridgehead atoms. The fraction of sp³-hybridized carbons (Fsp3) is 0.647. The Hall–Kier alpha value is -1.82. The van der Waals surface area contributed by atoms with Gasteiger partial charge in [-0.1, -0.05) is 20.8 Å². The molecule has 28 heavy (non-hydrogen) atoms. The maximum Gasteiger partial charge on any atom is 0.353 e. The lowest BCUT2D eigenvalue weighted by molar-refractivity contribution is -0.0581. The van der Waals surface area contributed by atoms with Gasteiger partial charge in [0.15, 0.2) is 38.2 Å². The predicted molar refractivity (Wildman–Crippen MR) is 109 cm³/mol. The fourth-order valence-electron chi connectivity index (χ4n) is 3.15. The van der Waals surface area contributed by atoms with E-state index in [1.54, 1.807) is 10.9 Å². The molecule has 4 heterocycles. The van der Waals surface area contributed by atoms with E-state index >= 15 is 0 Å². The van der Waals surface area contributed by atoms with Gasteiger partial charge in [-0.05, 0) is 18.1 Å². The van der Waals surface area contributed by atoms with E-state index in [1.165, 1.54) is 6.33 Å². The molecule has 2 N–H and O–H groups in total. The summed E-state index contributed by atoms with van der Waals surface area (Å²) < 4.78 is 25.9. The molecule has 0 aliphatic carbocycles. The number of nitrogens with two attached hydrogens (primary N) is 1. The normalized spacial score (nSPS) is 27.7. The Kier molecular flexibility index (Phi) is 4.60. The van der Waals surface area contributed by atoms with Crippen LogP contribution in [0.3, 0.4) is 0 Å². The van der Waals surface area contributed by atoms with Crippen LogP contribution in [0, 0.1) is 0 Å². The SMILES string of the molecule is CC(C)(C)[Si](C)(C)O[13CH2][13C@H]1O[13C@@H](n2cnc3c(N)ncnc32)[13C@@H]2OC(=S)O[13C@@H]21. The highest BCUT2D eigenvalue weighted by atomic mass is 32.1. The van der Waals surface area contributed by atoms with E-state index < -0.39 is 20.6 Å². The summed E-state index contributed by atoms with van der Waals surface area (Å²) in [6.07, 6.45) is 1.45. The molecule has 4 atom stereocenters. The van der Waals surface area contributed by atoms with E-state index in [0.717, 1.165) is 0 Å². The molecule has 4 rings (SSSR count). The molecule has 152 valence electrons. The first-order valence-corrected chi connectivity index (χ1v) is 12.5. The van der Waals surface area contributed by atoms with Crippen LogP contribution in [0.4, 0.5) is 5.82 Å². The van der Waals surface area contributed by atoms with Crippen molar-refractivity contribution in [1.82, 2.24) is 19.5 Å². The van der Waals surface area contributed by atoms with Crippen molar-refractivity contribution >= 4 is 42.8 Å². The maximum atomic E-state index is 6.36. The zero-order valence-electron chi connectivity index (χ0n) is 16.6. The Morgan fingerprint density at radius 1 is 1.21 bits per heavy atom. The van der Waals surface area contributed by atoms with Crippen LogP contribution in [0.5, 0.6) is 0 Å². The van der Waals surface area contributed by atoms with Crippen molar-refractivity contribution in [1.29, 1.82) is 0 Å². The average molecular weight is 429 g/mol. The van der Waals surface area contributed by atoms with Gasteiger partial charge in [0, 0.05) is 12.2 Å². The smallest absolute Gasteiger partial charge is 0.353 e. The largest absolute Gasteiger partial charge is 0.447 e. The van der Waals surface area contributed by atoms with Crippen LogP contribution in [0.15, 0.2) is 12.7 Å². The Morgan fingerprint density at radius 2 is 1.93 bits per heavy atom. The molecular weight excluding hydrogens is 403 g/mol. The van der Waals surface area contributed by atoms with E-state index in [2.05, 4.69) is 48.8 Å². The van der Waals surface area contributed by atoms with Gasteiger partial charge in [-0.15, -0.1) is 0 Å². The number of nitrogens with zero attached hydrogens (tertiary/aromatic N) is 4. The van der Waals surface area contributed by atoms with Gasteiger partial charge in [0.25, 0.3) is 0 Å². The van der Waals surface area contributed by atoms with Gasteiger partial charge in [-0.2, -0.15) is 0 Å². The van der Waals surface area contributed by atoms with Crippen LogP contribution in [-0.4, -0.2) is 58.0 Å². The molecule has 0 unspecified atom stereocenters. The third-order valence-electron chi connectivity index (χ3n) is 5.83. The highest BCUT2D eigenvalue weighted by Gasteiger charge is 2.54. The molecule has 0 radical (unpaired) electrons. The second-order valence-electron chi connectivity index (χ2n) is 8.63. The van der Waals surface area contributed by atoms with Crippen LogP contribution >= 0.6 is 12.2 Å². The molecular formula is C17H25N5O4SSi. The summed E-state index contributed by atoms with van der Waals surface area (Å²) in [5, 5.41) is 0.223. The number of hydrogen-bond acceptors (Lipinski definition) is 9. The topological polar surface area (TPSA) is 107 Å². The summed E-state index contributed by atoms with van der Waals surface area (Å²) in [5.74, 6) is 0.315. The number of imidazole rings is 1. The third-order valence-corrected chi connectivity index (χ3v) is 10.5. The maximum absolute atomic E-state index is 6.36. The molecule has 9 nitrogen and oxygen atoms in total. The van der Waals surface area contributed by atoms with E-state index in [0.29, 0.717) is 23.6 Å². The molecule has 2 aromatic heterocycles. The summed E-state index contributed by atoms with van der Waals surface area (Å²) in [6, 6.07) is 0. The van der Waals surface area contributed by atoms with E-state index in [9.17, 15) is 0 Å². The molecule has 0 saturated carbocycles. The van der Waals surface area contributed by atoms with Crippen molar-refractivity contribution in [3.05, 3.63) is 12.7 Å². The zero-order valence-corrected chi connectivity index (χ0v) is 18.4. The summed E-state index contributed by atoms with van der Waals surface area (Å²) in [6.45, 7) is 11.4. The molecule has 2 fully saturated rings. The average Bonchev–Trinajstić information content (AvgIpc) is 3.26. The third kappa shape index (κ3) is 3.15. The molecule has 2 aliphatic rings. The quantitative estimate of drug-likeness (QED) is 0.446. The monoisotopic (exact) mass is 428 g/mol. The Balaban J connectivity index is 1.60. The second kappa shape index (κ2) is 6.61.